The minimum atomic E-state index is -4.95. The van der Waals surface area contributed by atoms with Crippen molar-refractivity contribution in [1.82, 2.24) is 0 Å². The Kier molecular flexibility index (Phi) is 65.5. The van der Waals surface area contributed by atoms with E-state index >= 15 is 0 Å². The number of aliphatic hydroxyl groups excluding tert-OH is 1. The summed E-state index contributed by atoms with van der Waals surface area (Å²) >= 11 is 0. The van der Waals surface area contributed by atoms with E-state index < -0.39 is 97.5 Å². The fraction of sp³-hybridized carbons (Fsp3) is 0.947. The van der Waals surface area contributed by atoms with E-state index in [0.29, 0.717) is 25.7 Å². The summed E-state index contributed by atoms with van der Waals surface area (Å²) in [6, 6.07) is 0. The molecule has 0 aromatic rings. The fourth-order valence-electron chi connectivity index (χ4n) is 11.4. The number of phosphoric ester groups is 2. The largest absolute Gasteiger partial charge is 0.472 e. The summed E-state index contributed by atoms with van der Waals surface area (Å²) in [6.45, 7) is 9.55. The second-order valence-corrected chi connectivity index (χ2v) is 30.4. The first-order valence-electron chi connectivity index (χ1n) is 39.1. The Hall–Kier alpha value is -1.94. The average Bonchev–Trinajstić information content (AvgIpc) is 1.84. The van der Waals surface area contributed by atoms with Crippen LogP contribution in [0.4, 0.5) is 0 Å². The van der Waals surface area contributed by atoms with E-state index in [9.17, 15) is 43.2 Å². The molecule has 0 spiro atoms. The van der Waals surface area contributed by atoms with Crippen molar-refractivity contribution in [3.05, 3.63) is 0 Å². The Morgan fingerprint density at radius 3 is 0.755 bits per heavy atom. The molecule has 0 aliphatic rings. The molecule has 0 aliphatic carbocycles. The predicted octanol–water partition coefficient (Wildman–Crippen LogP) is 21.9. The second-order valence-electron chi connectivity index (χ2n) is 27.5. The molecule has 0 saturated heterocycles. The Labute approximate surface area is 575 Å². The third-order valence-corrected chi connectivity index (χ3v) is 20.1. The molecule has 0 aliphatic heterocycles. The van der Waals surface area contributed by atoms with Gasteiger partial charge in [0.15, 0.2) is 12.2 Å². The Balaban J connectivity index is 5.13. The third kappa shape index (κ3) is 66.0. The molecule has 3 N–H and O–H groups in total. The molecule has 0 aromatic carbocycles. The molecular weight excluding hydrogens is 1230 g/mol. The lowest BCUT2D eigenvalue weighted by atomic mass is 9.99. The van der Waals surface area contributed by atoms with Gasteiger partial charge in [0.25, 0.3) is 0 Å². The highest BCUT2D eigenvalue weighted by atomic mass is 31.2. The molecule has 4 unspecified atom stereocenters. The molecule has 94 heavy (non-hydrogen) atoms. The first kappa shape index (κ1) is 92.1. The third-order valence-electron chi connectivity index (χ3n) is 18.2. The lowest BCUT2D eigenvalue weighted by Gasteiger charge is -2.21. The highest BCUT2D eigenvalue weighted by Gasteiger charge is 2.30. The summed E-state index contributed by atoms with van der Waals surface area (Å²) in [5.41, 5.74) is 0. The van der Waals surface area contributed by atoms with Gasteiger partial charge in [0.2, 0.25) is 0 Å². The highest BCUT2D eigenvalue weighted by molar-refractivity contribution is 7.47. The van der Waals surface area contributed by atoms with E-state index in [1.165, 1.54) is 199 Å². The Bertz CT molecular complexity index is 1820. The van der Waals surface area contributed by atoms with Crippen LogP contribution in [-0.2, 0) is 65.4 Å². The number of aliphatic hydroxyl groups is 1. The first-order chi connectivity index (χ1) is 45.4. The number of esters is 4. The van der Waals surface area contributed by atoms with Crippen LogP contribution in [0.1, 0.15) is 388 Å². The number of carbonyl (C=O) groups is 4. The molecule has 7 atom stereocenters. The van der Waals surface area contributed by atoms with Crippen LogP contribution in [0.5, 0.6) is 0 Å². The van der Waals surface area contributed by atoms with Crippen molar-refractivity contribution >= 4 is 39.5 Å². The molecule has 0 fully saturated rings. The molecule has 0 saturated carbocycles. The Morgan fingerprint density at radius 2 is 0.511 bits per heavy atom. The summed E-state index contributed by atoms with van der Waals surface area (Å²) in [5, 5.41) is 10.6. The van der Waals surface area contributed by atoms with Crippen LogP contribution in [0.25, 0.3) is 0 Å². The number of unbranched alkanes of at least 4 members (excludes halogenated alkanes) is 42. The van der Waals surface area contributed by atoms with Crippen LogP contribution in [0.15, 0.2) is 0 Å². The van der Waals surface area contributed by atoms with Gasteiger partial charge in [0.05, 0.1) is 26.4 Å². The number of phosphoric acid groups is 2. The van der Waals surface area contributed by atoms with Gasteiger partial charge in [-0.1, -0.05) is 337 Å². The van der Waals surface area contributed by atoms with Gasteiger partial charge in [-0.15, -0.1) is 0 Å². The minimum absolute atomic E-state index is 0.105. The van der Waals surface area contributed by atoms with Crippen molar-refractivity contribution in [1.29, 1.82) is 0 Å². The first-order valence-corrected chi connectivity index (χ1v) is 42.1. The summed E-state index contributed by atoms with van der Waals surface area (Å²) in [4.78, 5) is 72.5. The quantitative estimate of drug-likeness (QED) is 0.0222. The van der Waals surface area contributed by atoms with E-state index in [1.54, 1.807) is 0 Å². The molecule has 0 aromatic heterocycles. The van der Waals surface area contributed by atoms with Gasteiger partial charge in [0.1, 0.15) is 19.3 Å². The van der Waals surface area contributed by atoms with Gasteiger partial charge in [0, 0.05) is 25.7 Å². The maximum absolute atomic E-state index is 13.1. The van der Waals surface area contributed by atoms with Crippen LogP contribution >= 0.6 is 15.6 Å². The lowest BCUT2D eigenvalue weighted by molar-refractivity contribution is -0.161. The van der Waals surface area contributed by atoms with Gasteiger partial charge < -0.3 is 33.8 Å². The van der Waals surface area contributed by atoms with Gasteiger partial charge in [-0.25, -0.2) is 9.13 Å². The normalized spacial score (nSPS) is 14.6. The highest BCUT2D eigenvalue weighted by Crippen LogP contribution is 2.45. The molecule has 0 amide bonds. The maximum Gasteiger partial charge on any atom is 0.472 e. The molecule has 0 rings (SSSR count). The van der Waals surface area contributed by atoms with Crippen LogP contribution in [0.3, 0.4) is 0 Å². The zero-order valence-corrected chi connectivity index (χ0v) is 63.1. The minimum Gasteiger partial charge on any atom is -0.462 e. The predicted molar refractivity (Wildman–Crippen MR) is 381 cm³/mol. The number of hydrogen-bond acceptors (Lipinski definition) is 15. The fourth-order valence-corrected chi connectivity index (χ4v) is 13.0. The summed E-state index contributed by atoms with van der Waals surface area (Å²) in [6.07, 6.45) is 54.5. The zero-order chi connectivity index (χ0) is 69.3. The SMILES string of the molecule is CCCCCCCCCCCCCCCCCCCCCCCC(=O)O[C@H](COC(=O)CCCCCCCCCCCCC(C)CC)COP(=O)(O)OC[C@@H](O)COP(=O)(O)OC[C@@H](COC(=O)CCCCCCC)OC(=O)CCCCCCCCCCCCC(C)CC. The van der Waals surface area contributed by atoms with E-state index in [2.05, 4.69) is 41.5 Å². The van der Waals surface area contributed by atoms with E-state index in [-0.39, 0.29) is 25.7 Å². The van der Waals surface area contributed by atoms with Crippen molar-refractivity contribution < 1.29 is 80.2 Å². The monoisotopic (exact) mass is 1380 g/mol. The van der Waals surface area contributed by atoms with E-state index in [0.717, 1.165) is 108 Å². The summed E-state index contributed by atoms with van der Waals surface area (Å²) < 4.78 is 68.3. The molecule has 0 radical (unpaired) electrons. The van der Waals surface area contributed by atoms with Gasteiger partial charge in [-0.2, -0.15) is 0 Å². The number of ether oxygens (including phenoxy) is 4. The zero-order valence-electron chi connectivity index (χ0n) is 61.3. The van der Waals surface area contributed by atoms with Crippen molar-refractivity contribution in [3.8, 4) is 0 Å². The number of hydrogen-bond donors (Lipinski definition) is 3. The van der Waals surface area contributed by atoms with E-state index in [1.807, 2.05) is 0 Å². The van der Waals surface area contributed by atoms with Gasteiger partial charge in [-0.3, -0.25) is 37.3 Å². The van der Waals surface area contributed by atoms with Crippen molar-refractivity contribution in [2.45, 2.75) is 407 Å². The standard InChI is InChI=1S/C75H146O17P2/c1-7-11-13-15-16-17-18-19-20-21-22-23-24-25-26-27-28-36-41-47-53-59-75(80)92-71(64-86-73(78)58-52-46-40-35-31-29-33-38-44-49-55-67(5)9-3)66-90-94(83,84)88-62-69(76)61-87-93(81,82)89-65-70(63-85-72(77)57-51-43-14-12-8-2)91-74(79)60-54-48-42-37-32-30-34-39-45-50-56-68(6)10-4/h67-71,76H,7-66H2,1-6H3,(H,81,82)(H,83,84)/t67?,68?,69-,70+,71+/m0/s1. The second kappa shape index (κ2) is 66.9. The number of rotatable bonds is 74. The van der Waals surface area contributed by atoms with E-state index in [4.69, 9.17) is 37.0 Å². The molecule has 0 bridgehead atoms. The molecule has 19 heteroatoms. The average molecular weight is 1380 g/mol. The number of carbonyl (C=O) groups excluding carboxylic acids is 4. The van der Waals surface area contributed by atoms with Gasteiger partial charge >= 0.3 is 39.5 Å². The van der Waals surface area contributed by atoms with Crippen LogP contribution in [-0.4, -0.2) is 96.7 Å². The lowest BCUT2D eigenvalue weighted by Crippen LogP contribution is -2.30. The van der Waals surface area contributed by atoms with Crippen molar-refractivity contribution in [3.63, 3.8) is 0 Å². The smallest absolute Gasteiger partial charge is 0.462 e. The molecule has 558 valence electrons. The van der Waals surface area contributed by atoms with Crippen molar-refractivity contribution in [2.24, 2.45) is 11.8 Å². The van der Waals surface area contributed by atoms with Gasteiger partial charge in [-0.05, 0) is 37.5 Å². The van der Waals surface area contributed by atoms with Crippen LogP contribution < -0.4 is 0 Å². The molecule has 17 nitrogen and oxygen atoms in total. The summed E-state index contributed by atoms with van der Waals surface area (Å²) in [5.74, 6) is -0.517. The topological polar surface area (TPSA) is 237 Å². The maximum atomic E-state index is 13.1. The molecular formula is C75H146O17P2. The Morgan fingerprint density at radius 1 is 0.298 bits per heavy atom. The van der Waals surface area contributed by atoms with Crippen LogP contribution in [0, 0.1) is 11.8 Å². The summed E-state index contributed by atoms with van der Waals surface area (Å²) in [7, 11) is -9.90. The molecule has 0 heterocycles. The van der Waals surface area contributed by atoms with Crippen LogP contribution in [0.2, 0.25) is 0 Å². The van der Waals surface area contributed by atoms with Crippen molar-refractivity contribution in [2.75, 3.05) is 39.6 Å².